The van der Waals surface area contributed by atoms with Crippen LogP contribution in [-0.4, -0.2) is 11.1 Å². The summed E-state index contributed by atoms with van der Waals surface area (Å²) in [5, 5.41) is 6.50. The Kier molecular flexibility index (Phi) is 3.81. The zero-order valence-electron chi connectivity index (χ0n) is 10.1. The van der Waals surface area contributed by atoms with E-state index in [1.165, 1.54) is 6.20 Å². The molecule has 0 fully saturated rings. The highest BCUT2D eigenvalue weighted by Crippen LogP contribution is 2.17. The molecule has 2 rings (SSSR count). The second-order valence-electron chi connectivity index (χ2n) is 4.04. The topological polar surface area (TPSA) is 55.1 Å². The molecule has 1 aromatic heterocycles. The molecule has 1 unspecified atom stereocenters. The standard InChI is InChI=1S/C13H13BrN2O2/c1-8(10-3-5-11(14)6-4-10)16-13(17)12-7-15-18-9(12)2/h3-8H,1-2H3,(H,16,17). The second-order valence-corrected chi connectivity index (χ2v) is 4.96. The van der Waals surface area contributed by atoms with Crippen molar-refractivity contribution in [3.05, 3.63) is 51.8 Å². The molecule has 1 N–H and O–H groups in total. The van der Waals surface area contributed by atoms with E-state index in [-0.39, 0.29) is 11.9 Å². The van der Waals surface area contributed by atoms with E-state index in [1.807, 2.05) is 31.2 Å². The van der Waals surface area contributed by atoms with Gasteiger partial charge >= 0.3 is 0 Å². The number of hydrogen-bond donors (Lipinski definition) is 1. The van der Waals surface area contributed by atoms with Crippen molar-refractivity contribution in [2.24, 2.45) is 0 Å². The molecule has 1 amide bonds. The van der Waals surface area contributed by atoms with Gasteiger partial charge in [0.1, 0.15) is 11.3 Å². The van der Waals surface area contributed by atoms with Gasteiger partial charge in [-0.1, -0.05) is 33.2 Å². The predicted octanol–water partition coefficient (Wildman–Crippen LogP) is 3.24. The molecule has 0 aliphatic rings. The maximum absolute atomic E-state index is 12.0. The Hall–Kier alpha value is -1.62. The van der Waals surface area contributed by atoms with Crippen molar-refractivity contribution in [3.63, 3.8) is 0 Å². The molecule has 0 aliphatic carbocycles. The van der Waals surface area contributed by atoms with E-state index >= 15 is 0 Å². The first-order chi connectivity index (χ1) is 8.58. The molecule has 18 heavy (non-hydrogen) atoms. The Balaban J connectivity index is 2.08. The first-order valence-electron chi connectivity index (χ1n) is 5.55. The number of carbonyl (C=O) groups is 1. The van der Waals surface area contributed by atoms with E-state index in [2.05, 4.69) is 26.4 Å². The van der Waals surface area contributed by atoms with Crippen LogP contribution in [0.15, 0.2) is 39.5 Å². The molecule has 5 heteroatoms. The Morgan fingerprint density at radius 1 is 1.39 bits per heavy atom. The molecule has 1 atom stereocenters. The van der Waals surface area contributed by atoms with E-state index < -0.39 is 0 Å². The molecule has 2 aromatic rings. The monoisotopic (exact) mass is 308 g/mol. The van der Waals surface area contributed by atoms with Crippen LogP contribution in [0.3, 0.4) is 0 Å². The summed E-state index contributed by atoms with van der Waals surface area (Å²) in [5.41, 5.74) is 1.51. The maximum Gasteiger partial charge on any atom is 0.256 e. The number of carbonyl (C=O) groups excluding carboxylic acids is 1. The van der Waals surface area contributed by atoms with Crippen molar-refractivity contribution >= 4 is 21.8 Å². The average Bonchev–Trinajstić information content (AvgIpc) is 2.76. The lowest BCUT2D eigenvalue weighted by Gasteiger charge is -2.13. The van der Waals surface area contributed by atoms with Crippen LogP contribution in [0.2, 0.25) is 0 Å². The minimum absolute atomic E-state index is 0.0695. The van der Waals surface area contributed by atoms with Crippen LogP contribution in [0.5, 0.6) is 0 Å². The van der Waals surface area contributed by atoms with E-state index in [9.17, 15) is 4.79 Å². The summed E-state index contributed by atoms with van der Waals surface area (Å²) in [6, 6.07) is 7.76. The fraction of sp³-hybridized carbons (Fsp3) is 0.231. The molecule has 1 heterocycles. The first kappa shape index (κ1) is 12.8. The van der Waals surface area contributed by atoms with Gasteiger partial charge < -0.3 is 9.84 Å². The van der Waals surface area contributed by atoms with Gasteiger partial charge in [0.15, 0.2) is 0 Å². The van der Waals surface area contributed by atoms with Gasteiger partial charge in [-0.2, -0.15) is 0 Å². The third-order valence-corrected chi connectivity index (χ3v) is 3.24. The molecule has 1 aromatic carbocycles. The summed E-state index contributed by atoms with van der Waals surface area (Å²) in [7, 11) is 0. The van der Waals surface area contributed by atoms with E-state index in [4.69, 9.17) is 4.52 Å². The molecule has 4 nitrogen and oxygen atoms in total. The predicted molar refractivity (Wildman–Crippen MR) is 71.3 cm³/mol. The highest BCUT2D eigenvalue weighted by Gasteiger charge is 2.15. The Morgan fingerprint density at radius 3 is 2.61 bits per heavy atom. The van der Waals surface area contributed by atoms with Crippen LogP contribution in [0.4, 0.5) is 0 Å². The van der Waals surface area contributed by atoms with Crippen molar-refractivity contribution < 1.29 is 9.32 Å². The maximum atomic E-state index is 12.0. The summed E-state index contributed by atoms with van der Waals surface area (Å²) in [6.07, 6.45) is 1.43. The molecule has 0 radical (unpaired) electrons. The smallest absolute Gasteiger partial charge is 0.256 e. The number of aromatic nitrogens is 1. The number of nitrogens with one attached hydrogen (secondary N) is 1. The van der Waals surface area contributed by atoms with Gasteiger partial charge in [-0.15, -0.1) is 0 Å². The van der Waals surface area contributed by atoms with Gasteiger partial charge in [0.2, 0.25) is 0 Å². The summed E-state index contributed by atoms with van der Waals surface area (Å²) in [4.78, 5) is 12.0. The number of halogens is 1. The van der Waals surface area contributed by atoms with E-state index in [1.54, 1.807) is 6.92 Å². The van der Waals surface area contributed by atoms with Gasteiger partial charge in [-0.25, -0.2) is 0 Å². The number of nitrogens with zero attached hydrogens (tertiary/aromatic N) is 1. The minimum atomic E-state index is -0.177. The normalized spacial score (nSPS) is 12.2. The fourth-order valence-corrected chi connectivity index (χ4v) is 1.89. The fourth-order valence-electron chi connectivity index (χ4n) is 1.63. The minimum Gasteiger partial charge on any atom is -0.361 e. The van der Waals surface area contributed by atoms with Crippen molar-refractivity contribution in [3.8, 4) is 0 Å². The van der Waals surface area contributed by atoms with Gasteiger partial charge in [0.25, 0.3) is 5.91 Å². The molecule has 0 saturated carbocycles. The van der Waals surface area contributed by atoms with Crippen LogP contribution in [-0.2, 0) is 0 Å². The third-order valence-electron chi connectivity index (χ3n) is 2.71. The number of hydrogen-bond acceptors (Lipinski definition) is 3. The van der Waals surface area contributed by atoms with Gasteiger partial charge in [-0.3, -0.25) is 4.79 Å². The Bertz CT molecular complexity index is 548. The van der Waals surface area contributed by atoms with Crippen LogP contribution >= 0.6 is 15.9 Å². The molecule has 0 saturated heterocycles. The van der Waals surface area contributed by atoms with Gasteiger partial charge in [-0.05, 0) is 31.5 Å². The van der Waals surface area contributed by atoms with Crippen LogP contribution < -0.4 is 5.32 Å². The average molecular weight is 309 g/mol. The summed E-state index contributed by atoms with van der Waals surface area (Å²) < 4.78 is 5.89. The summed E-state index contributed by atoms with van der Waals surface area (Å²) in [5.74, 6) is 0.347. The van der Waals surface area contributed by atoms with Crippen LogP contribution in [0, 0.1) is 6.92 Å². The lowest BCUT2D eigenvalue weighted by atomic mass is 10.1. The third kappa shape index (κ3) is 2.79. The Morgan fingerprint density at radius 2 is 2.06 bits per heavy atom. The molecular formula is C13H13BrN2O2. The van der Waals surface area contributed by atoms with Gasteiger partial charge in [0, 0.05) is 4.47 Å². The highest BCUT2D eigenvalue weighted by atomic mass is 79.9. The number of rotatable bonds is 3. The molecule has 0 aliphatic heterocycles. The van der Waals surface area contributed by atoms with E-state index in [0.717, 1.165) is 10.0 Å². The van der Waals surface area contributed by atoms with Crippen LogP contribution in [0.1, 0.15) is 34.6 Å². The first-order valence-corrected chi connectivity index (χ1v) is 6.35. The SMILES string of the molecule is Cc1oncc1C(=O)NC(C)c1ccc(Br)cc1. The number of aryl methyl sites for hydroxylation is 1. The molecular weight excluding hydrogens is 296 g/mol. The van der Waals surface area contributed by atoms with E-state index in [0.29, 0.717) is 11.3 Å². The molecule has 94 valence electrons. The largest absolute Gasteiger partial charge is 0.361 e. The Labute approximate surface area is 113 Å². The lowest BCUT2D eigenvalue weighted by molar-refractivity contribution is 0.0938. The second kappa shape index (κ2) is 5.35. The van der Waals surface area contributed by atoms with Crippen molar-refractivity contribution in [1.82, 2.24) is 10.5 Å². The quantitative estimate of drug-likeness (QED) is 0.947. The number of amides is 1. The van der Waals surface area contributed by atoms with Crippen molar-refractivity contribution in [2.75, 3.05) is 0 Å². The number of benzene rings is 1. The summed E-state index contributed by atoms with van der Waals surface area (Å²) in [6.45, 7) is 3.65. The summed E-state index contributed by atoms with van der Waals surface area (Å²) >= 11 is 3.38. The lowest BCUT2D eigenvalue weighted by Crippen LogP contribution is -2.26. The zero-order chi connectivity index (χ0) is 13.1. The van der Waals surface area contributed by atoms with Crippen molar-refractivity contribution in [2.45, 2.75) is 19.9 Å². The highest BCUT2D eigenvalue weighted by molar-refractivity contribution is 9.10. The van der Waals surface area contributed by atoms with Crippen molar-refractivity contribution in [1.29, 1.82) is 0 Å². The zero-order valence-corrected chi connectivity index (χ0v) is 11.7. The molecule has 0 bridgehead atoms. The molecule has 0 spiro atoms. The van der Waals surface area contributed by atoms with Crippen LogP contribution in [0.25, 0.3) is 0 Å². The van der Waals surface area contributed by atoms with Gasteiger partial charge in [0.05, 0.1) is 12.2 Å².